The summed E-state index contributed by atoms with van der Waals surface area (Å²) in [5.41, 5.74) is 6.22. The molecule has 0 fully saturated rings. The summed E-state index contributed by atoms with van der Waals surface area (Å²) in [5, 5.41) is 6.41. The molecular weight excluding hydrogens is 102 g/mol. The van der Waals surface area contributed by atoms with E-state index in [2.05, 4.69) is 16.3 Å². The van der Waals surface area contributed by atoms with Gasteiger partial charge in [-0.25, -0.2) is 0 Å². The fourth-order valence-electron chi connectivity index (χ4n) is 0.506. The summed E-state index contributed by atoms with van der Waals surface area (Å²) >= 11 is 0. The number of aromatic amines is 1. The van der Waals surface area contributed by atoms with Gasteiger partial charge in [0, 0.05) is 5.69 Å². The van der Waals surface area contributed by atoms with E-state index in [9.17, 15) is 0 Å². The molecule has 0 bridgehead atoms. The summed E-state index contributed by atoms with van der Waals surface area (Å²) in [5.74, 6) is 0.446. The predicted octanol–water partition coefficient (Wildman–Crippen LogP) is 0.354. The molecule has 3 heteroatoms. The van der Waals surface area contributed by atoms with E-state index in [1.54, 1.807) is 0 Å². The fraction of sp³-hybridized carbons (Fsp3) is 0.400. The molecule has 0 saturated heterocycles. The first-order chi connectivity index (χ1) is 3.83. The summed E-state index contributed by atoms with van der Waals surface area (Å²) in [6.07, 6.45) is 0.907. The fourth-order valence-corrected chi connectivity index (χ4v) is 0.506. The molecular formula is C5H8N3. The third-order valence-electron chi connectivity index (χ3n) is 0.944. The van der Waals surface area contributed by atoms with Crippen LogP contribution >= 0.6 is 0 Å². The summed E-state index contributed by atoms with van der Waals surface area (Å²) < 4.78 is 0. The Bertz CT molecular complexity index is 168. The van der Waals surface area contributed by atoms with Crippen LogP contribution in [0.4, 0.5) is 5.82 Å². The Morgan fingerprint density at radius 3 is 2.88 bits per heavy atom. The van der Waals surface area contributed by atoms with Gasteiger partial charge >= 0.3 is 0 Å². The molecule has 8 heavy (non-hydrogen) atoms. The Labute approximate surface area is 47.9 Å². The van der Waals surface area contributed by atoms with Crippen LogP contribution in [0, 0.1) is 6.07 Å². The summed E-state index contributed by atoms with van der Waals surface area (Å²) in [6, 6.07) is 2.84. The van der Waals surface area contributed by atoms with Crippen molar-refractivity contribution in [3.8, 4) is 0 Å². The molecule has 1 rings (SSSR count). The van der Waals surface area contributed by atoms with Gasteiger partial charge in [0.15, 0.2) is 5.82 Å². The number of anilines is 1. The lowest BCUT2D eigenvalue weighted by Crippen LogP contribution is -1.81. The Hall–Kier alpha value is -0.990. The standard InChI is InChI=1S/C5H8N3/c1-2-4-3-5(6)8-7-4/h2H2,1H3,(H3,6,7,8). The highest BCUT2D eigenvalue weighted by Gasteiger charge is 1.91. The van der Waals surface area contributed by atoms with Gasteiger partial charge in [0.05, 0.1) is 6.07 Å². The van der Waals surface area contributed by atoms with Gasteiger partial charge in [-0.1, -0.05) is 6.92 Å². The number of aryl methyl sites for hydroxylation is 1. The van der Waals surface area contributed by atoms with Crippen LogP contribution in [0.2, 0.25) is 0 Å². The van der Waals surface area contributed by atoms with E-state index in [0.717, 1.165) is 12.1 Å². The van der Waals surface area contributed by atoms with Gasteiger partial charge in [0.1, 0.15) is 0 Å². The van der Waals surface area contributed by atoms with Crippen molar-refractivity contribution in [2.24, 2.45) is 0 Å². The quantitative estimate of drug-likeness (QED) is 0.548. The van der Waals surface area contributed by atoms with E-state index in [4.69, 9.17) is 5.73 Å². The molecule has 1 radical (unpaired) electrons. The van der Waals surface area contributed by atoms with Crippen molar-refractivity contribution in [3.05, 3.63) is 11.8 Å². The molecule has 0 spiro atoms. The van der Waals surface area contributed by atoms with Crippen LogP contribution in [0.3, 0.4) is 0 Å². The molecule has 1 aromatic rings. The van der Waals surface area contributed by atoms with Gasteiger partial charge in [0.2, 0.25) is 0 Å². The van der Waals surface area contributed by atoms with Crippen molar-refractivity contribution in [1.82, 2.24) is 10.2 Å². The normalized spacial score (nSPS) is 9.62. The molecule has 3 N–H and O–H groups in total. The third kappa shape index (κ3) is 0.804. The highest BCUT2D eigenvalue weighted by molar-refractivity contribution is 5.25. The molecule has 3 nitrogen and oxygen atoms in total. The topological polar surface area (TPSA) is 54.7 Å². The zero-order valence-corrected chi connectivity index (χ0v) is 4.73. The highest BCUT2D eigenvalue weighted by atomic mass is 15.1. The molecule has 0 aliphatic carbocycles. The Balaban J connectivity index is 2.84. The van der Waals surface area contributed by atoms with Gasteiger partial charge in [-0.3, -0.25) is 5.10 Å². The molecule has 0 aliphatic rings. The number of aromatic nitrogens is 2. The first-order valence-electron chi connectivity index (χ1n) is 2.55. The maximum absolute atomic E-state index is 5.26. The lowest BCUT2D eigenvalue weighted by Gasteiger charge is -1.78. The molecule has 0 atom stereocenters. The van der Waals surface area contributed by atoms with Crippen LogP contribution in [0.25, 0.3) is 0 Å². The highest BCUT2D eigenvalue weighted by Crippen LogP contribution is 1.97. The van der Waals surface area contributed by atoms with Gasteiger partial charge < -0.3 is 5.73 Å². The average molecular weight is 110 g/mol. The number of hydrogen-bond acceptors (Lipinski definition) is 2. The van der Waals surface area contributed by atoms with Gasteiger partial charge in [-0.2, -0.15) is 5.10 Å². The number of H-pyrrole nitrogens is 1. The van der Waals surface area contributed by atoms with E-state index >= 15 is 0 Å². The molecule has 1 aromatic heterocycles. The lowest BCUT2D eigenvalue weighted by atomic mass is 10.3. The van der Waals surface area contributed by atoms with Crippen molar-refractivity contribution in [2.45, 2.75) is 13.3 Å². The average Bonchev–Trinajstić information content (AvgIpc) is 2.14. The number of hydrogen-bond donors (Lipinski definition) is 2. The maximum atomic E-state index is 5.26. The molecule has 0 aromatic carbocycles. The lowest BCUT2D eigenvalue weighted by molar-refractivity contribution is 0.976. The van der Waals surface area contributed by atoms with E-state index in [1.165, 1.54) is 0 Å². The van der Waals surface area contributed by atoms with Crippen molar-refractivity contribution < 1.29 is 0 Å². The smallest absolute Gasteiger partial charge is 0.153 e. The zero-order valence-electron chi connectivity index (χ0n) is 4.73. The van der Waals surface area contributed by atoms with Crippen molar-refractivity contribution in [3.63, 3.8) is 0 Å². The summed E-state index contributed by atoms with van der Waals surface area (Å²) in [4.78, 5) is 0. The van der Waals surface area contributed by atoms with E-state index < -0.39 is 0 Å². The van der Waals surface area contributed by atoms with Crippen molar-refractivity contribution in [1.29, 1.82) is 0 Å². The summed E-state index contributed by atoms with van der Waals surface area (Å²) in [7, 11) is 0. The largest absolute Gasteiger partial charge is 0.382 e. The minimum absolute atomic E-state index is 0.446. The van der Waals surface area contributed by atoms with Crippen molar-refractivity contribution in [2.75, 3.05) is 5.73 Å². The molecule has 0 saturated carbocycles. The van der Waals surface area contributed by atoms with Crippen molar-refractivity contribution >= 4 is 5.82 Å². The maximum Gasteiger partial charge on any atom is 0.153 e. The SMILES string of the molecule is CCc1[c]c(N)n[nH]1. The third-order valence-corrected chi connectivity index (χ3v) is 0.944. The number of nitrogens with two attached hydrogens (primary N) is 1. The number of nitrogens with zero attached hydrogens (tertiary/aromatic N) is 1. The Morgan fingerprint density at radius 1 is 1.88 bits per heavy atom. The van der Waals surface area contributed by atoms with Crippen LogP contribution in [-0.4, -0.2) is 10.2 Å². The first-order valence-corrected chi connectivity index (χ1v) is 2.55. The second-order valence-corrected chi connectivity index (χ2v) is 1.57. The van der Waals surface area contributed by atoms with E-state index in [0.29, 0.717) is 5.82 Å². The van der Waals surface area contributed by atoms with Gasteiger partial charge in [-0.05, 0) is 6.42 Å². The molecule has 1 heterocycles. The molecule has 0 unspecified atom stereocenters. The number of nitrogen functional groups attached to an aromatic ring is 1. The van der Waals surface area contributed by atoms with Crippen LogP contribution in [0.1, 0.15) is 12.6 Å². The predicted molar refractivity (Wildman–Crippen MR) is 31.2 cm³/mol. The van der Waals surface area contributed by atoms with Crippen LogP contribution in [0.5, 0.6) is 0 Å². The summed E-state index contributed by atoms with van der Waals surface area (Å²) in [6.45, 7) is 2.02. The minimum atomic E-state index is 0.446. The molecule has 0 amide bonds. The van der Waals surface area contributed by atoms with E-state index in [1.807, 2.05) is 6.92 Å². The van der Waals surface area contributed by atoms with Gasteiger partial charge in [-0.15, -0.1) is 0 Å². The van der Waals surface area contributed by atoms with Crippen LogP contribution in [-0.2, 0) is 6.42 Å². The first kappa shape index (κ1) is 5.15. The Kier molecular flexibility index (Phi) is 1.20. The number of nitrogens with one attached hydrogen (secondary N) is 1. The molecule has 0 aliphatic heterocycles. The molecule has 43 valence electrons. The van der Waals surface area contributed by atoms with Crippen LogP contribution in [0.15, 0.2) is 0 Å². The van der Waals surface area contributed by atoms with Gasteiger partial charge in [0.25, 0.3) is 0 Å². The second kappa shape index (κ2) is 1.86. The monoisotopic (exact) mass is 110 g/mol. The zero-order chi connectivity index (χ0) is 5.98. The van der Waals surface area contributed by atoms with Crippen LogP contribution < -0.4 is 5.73 Å². The minimum Gasteiger partial charge on any atom is -0.382 e. The number of rotatable bonds is 1. The second-order valence-electron chi connectivity index (χ2n) is 1.57. The van der Waals surface area contributed by atoms with E-state index in [-0.39, 0.29) is 0 Å². The Morgan fingerprint density at radius 2 is 2.62 bits per heavy atom.